The Morgan fingerprint density at radius 2 is 1.62 bits per heavy atom. The van der Waals surface area contributed by atoms with Crippen molar-refractivity contribution >= 4 is 23.4 Å². The van der Waals surface area contributed by atoms with Crippen molar-refractivity contribution in [2.45, 2.75) is 6.54 Å². The number of methoxy groups -OCH3 is 2. The maximum atomic E-state index is 13.6. The van der Waals surface area contributed by atoms with Crippen LogP contribution < -0.4 is 14.4 Å². The molecule has 0 bridgehead atoms. The molecule has 0 atom stereocenters. The highest BCUT2D eigenvalue weighted by atomic mass is 19.1. The van der Waals surface area contributed by atoms with Gasteiger partial charge in [-0.2, -0.15) is 0 Å². The number of carbonyl (C=O) groups is 3. The van der Waals surface area contributed by atoms with E-state index >= 15 is 0 Å². The molecule has 37 heavy (non-hydrogen) atoms. The standard InChI is InChI=1S/C28H26FN3O5/c1-36-23-11-4-7-19(25(23)37-2)17-32-27(34)21-9-5-10-22(24(21)28(32)35)30-12-14-31(15-13-30)26(33)18-6-3-8-20(29)16-18/h3-11,16H,12-15,17H2,1-2H3. The van der Waals surface area contributed by atoms with E-state index in [0.717, 1.165) is 0 Å². The minimum Gasteiger partial charge on any atom is -0.493 e. The second kappa shape index (κ2) is 9.93. The van der Waals surface area contributed by atoms with Gasteiger partial charge in [0.1, 0.15) is 5.82 Å². The van der Waals surface area contributed by atoms with Crippen LogP contribution in [0.2, 0.25) is 0 Å². The highest BCUT2D eigenvalue weighted by molar-refractivity contribution is 6.23. The lowest BCUT2D eigenvalue weighted by molar-refractivity contribution is 0.0639. The Labute approximate surface area is 213 Å². The van der Waals surface area contributed by atoms with Crippen LogP contribution >= 0.6 is 0 Å². The molecule has 0 aliphatic carbocycles. The van der Waals surface area contributed by atoms with Crippen LogP contribution in [0, 0.1) is 5.82 Å². The number of anilines is 1. The van der Waals surface area contributed by atoms with E-state index in [2.05, 4.69) is 0 Å². The fourth-order valence-electron chi connectivity index (χ4n) is 4.93. The van der Waals surface area contributed by atoms with E-state index in [1.54, 1.807) is 41.3 Å². The number of rotatable bonds is 6. The van der Waals surface area contributed by atoms with E-state index in [0.29, 0.717) is 65.6 Å². The molecule has 1 fully saturated rings. The monoisotopic (exact) mass is 503 g/mol. The first-order valence-corrected chi connectivity index (χ1v) is 11.9. The van der Waals surface area contributed by atoms with Gasteiger partial charge in [-0.1, -0.05) is 24.3 Å². The van der Waals surface area contributed by atoms with Crippen LogP contribution in [0.25, 0.3) is 0 Å². The second-order valence-electron chi connectivity index (χ2n) is 8.84. The zero-order chi connectivity index (χ0) is 26.1. The highest BCUT2D eigenvalue weighted by Crippen LogP contribution is 2.36. The molecule has 3 amide bonds. The van der Waals surface area contributed by atoms with E-state index < -0.39 is 5.82 Å². The van der Waals surface area contributed by atoms with Crippen molar-refractivity contribution in [3.8, 4) is 11.5 Å². The summed E-state index contributed by atoms with van der Waals surface area (Å²) < 4.78 is 24.4. The van der Waals surface area contributed by atoms with Crippen LogP contribution in [0.5, 0.6) is 11.5 Å². The first kappa shape index (κ1) is 24.3. The number of amides is 3. The summed E-state index contributed by atoms with van der Waals surface area (Å²) in [5, 5.41) is 0. The summed E-state index contributed by atoms with van der Waals surface area (Å²) in [6, 6.07) is 16.2. The number of benzene rings is 3. The molecular weight excluding hydrogens is 477 g/mol. The number of para-hydroxylation sites is 1. The van der Waals surface area contributed by atoms with Crippen molar-refractivity contribution in [1.82, 2.24) is 9.80 Å². The fourth-order valence-corrected chi connectivity index (χ4v) is 4.93. The molecule has 0 spiro atoms. The molecule has 2 aliphatic heterocycles. The summed E-state index contributed by atoms with van der Waals surface area (Å²) in [6.07, 6.45) is 0. The average molecular weight is 504 g/mol. The Hall–Kier alpha value is -4.40. The number of hydrogen-bond acceptors (Lipinski definition) is 6. The lowest BCUT2D eigenvalue weighted by Crippen LogP contribution is -2.49. The van der Waals surface area contributed by atoms with Gasteiger partial charge in [0.05, 0.1) is 37.6 Å². The number of piperazine rings is 1. The van der Waals surface area contributed by atoms with E-state index in [-0.39, 0.29) is 24.3 Å². The highest BCUT2D eigenvalue weighted by Gasteiger charge is 2.39. The van der Waals surface area contributed by atoms with Crippen LogP contribution in [-0.2, 0) is 6.54 Å². The Kier molecular flexibility index (Phi) is 6.52. The molecule has 0 radical (unpaired) electrons. The molecule has 190 valence electrons. The van der Waals surface area contributed by atoms with Crippen molar-refractivity contribution in [2.75, 3.05) is 45.3 Å². The van der Waals surface area contributed by atoms with Gasteiger partial charge in [0.15, 0.2) is 11.5 Å². The first-order chi connectivity index (χ1) is 17.9. The number of nitrogens with zero attached hydrogens (tertiary/aromatic N) is 3. The number of halogens is 1. The van der Waals surface area contributed by atoms with E-state index in [1.165, 1.54) is 37.3 Å². The van der Waals surface area contributed by atoms with Crippen LogP contribution in [0.3, 0.4) is 0 Å². The topological polar surface area (TPSA) is 79.4 Å². The van der Waals surface area contributed by atoms with Gasteiger partial charge in [-0.15, -0.1) is 0 Å². The van der Waals surface area contributed by atoms with Gasteiger partial charge in [-0.3, -0.25) is 19.3 Å². The number of hydrogen-bond donors (Lipinski definition) is 0. The first-order valence-electron chi connectivity index (χ1n) is 11.9. The Bertz CT molecular complexity index is 1380. The van der Waals surface area contributed by atoms with Gasteiger partial charge < -0.3 is 19.3 Å². The number of imide groups is 1. The number of carbonyl (C=O) groups excluding carboxylic acids is 3. The van der Waals surface area contributed by atoms with Gasteiger partial charge in [-0.05, 0) is 36.4 Å². The second-order valence-corrected chi connectivity index (χ2v) is 8.84. The lowest BCUT2D eigenvalue weighted by atomic mass is 10.1. The molecule has 8 nitrogen and oxygen atoms in total. The third-order valence-electron chi connectivity index (χ3n) is 6.77. The predicted octanol–water partition coefficient (Wildman–Crippen LogP) is 3.60. The zero-order valence-corrected chi connectivity index (χ0v) is 20.6. The number of fused-ring (bicyclic) bond motifs is 1. The van der Waals surface area contributed by atoms with Crippen LogP contribution in [0.4, 0.5) is 10.1 Å². The molecule has 3 aromatic carbocycles. The molecular formula is C28H26FN3O5. The lowest BCUT2D eigenvalue weighted by Gasteiger charge is -2.36. The Balaban J connectivity index is 1.35. The summed E-state index contributed by atoms with van der Waals surface area (Å²) in [5.74, 6) is -0.444. The van der Waals surface area contributed by atoms with Gasteiger partial charge in [-0.25, -0.2) is 4.39 Å². The van der Waals surface area contributed by atoms with Gasteiger partial charge in [0.25, 0.3) is 17.7 Å². The van der Waals surface area contributed by atoms with E-state index in [9.17, 15) is 18.8 Å². The maximum absolute atomic E-state index is 13.6. The predicted molar refractivity (Wildman–Crippen MR) is 135 cm³/mol. The average Bonchev–Trinajstić information content (AvgIpc) is 3.17. The summed E-state index contributed by atoms with van der Waals surface area (Å²) in [6.45, 7) is 1.81. The molecule has 2 heterocycles. The molecule has 1 saturated heterocycles. The van der Waals surface area contributed by atoms with Crippen LogP contribution in [0.1, 0.15) is 36.6 Å². The van der Waals surface area contributed by atoms with Crippen LogP contribution in [0.15, 0.2) is 60.7 Å². The van der Waals surface area contributed by atoms with Crippen molar-refractivity contribution in [2.24, 2.45) is 0 Å². The van der Waals surface area contributed by atoms with E-state index in [1.807, 2.05) is 11.0 Å². The zero-order valence-electron chi connectivity index (χ0n) is 20.6. The third kappa shape index (κ3) is 4.37. The molecule has 2 aliphatic rings. The summed E-state index contributed by atoms with van der Waals surface area (Å²) in [4.78, 5) is 44.5. The Morgan fingerprint density at radius 1 is 0.892 bits per heavy atom. The molecule has 5 rings (SSSR count). The number of ether oxygens (including phenoxy) is 2. The maximum Gasteiger partial charge on any atom is 0.263 e. The van der Waals surface area contributed by atoms with Crippen LogP contribution in [-0.4, -0.2) is 67.9 Å². The molecule has 0 saturated carbocycles. The smallest absolute Gasteiger partial charge is 0.263 e. The van der Waals surface area contributed by atoms with E-state index in [4.69, 9.17) is 9.47 Å². The van der Waals surface area contributed by atoms with Gasteiger partial charge in [0.2, 0.25) is 0 Å². The summed E-state index contributed by atoms with van der Waals surface area (Å²) in [7, 11) is 3.04. The molecule has 0 N–H and O–H groups in total. The summed E-state index contributed by atoms with van der Waals surface area (Å²) in [5.41, 5.74) is 2.33. The van der Waals surface area contributed by atoms with Gasteiger partial charge in [0, 0.05) is 37.3 Å². The minimum atomic E-state index is -0.455. The Morgan fingerprint density at radius 3 is 2.32 bits per heavy atom. The quantitative estimate of drug-likeness (QED) is 0.479. The third-order valence-corrected chi connectivity index (χ3v) is 6.77. The normalized spacial score (nSPS) is 15.2. The van der Waals surface area contributed by atoms with Crippen molar-refractivity contribution in [3.05, 3.63) is 88.7 Å². The van der Waals surface area contributed by atoms with Crippen molar-refractivity contribution in [1.29, 1.82) is 0 Å². The largest absolute Gasteiger partial charge is 0.493 e. The molecule has 0 unspecified atom stereocenters. The molecule has 0 aromatic heterocycles. The molecule has 3 aromatic rings. The SMILES string of the molecule is COc1cccc(CN2C(=O)c3cccc(N4CCN(C(=O)c5cccc(F)c5)CC4)c3C2=O)c1OC. The molecule has 9 heteroatoms. The van der Waals surface area contributed by atoms with Crippen molar-refractivity contribution in [3.63, 3.8) is 0 Å². The fraction of sp³-hybridized carbons (Fsp3) is 0.250. The minimum absolute atomic E-state index is 0.0437. The van der Waals surface area contributed by atoms with Crippen molar-refractivity contribution < 1.29 is 28.2 Å². The van der Waals surface area contributed by atoms with Gasteiger partial charge >= 0.3 is 0 Å². The summed E-state index contributed by atoms with van der Waals surface area (Å²) >= 11 is 0.